The van der Waals surface area contributed by atoms with Crippen LogP contribution in [0.2, 0.25) is 0 Å². The van der Waals surface area contributed by atoms with E-state index >= 15 is 0 Å². The van der Waals surface area contributed by atoms with Gasteiger partial charge in [-0.05, 0) is 34.9 Å². The molecule has 1 atom stereocenters. The van der Waals surface area contributed by atoms with E-state index in [9.17, 15) is 27.9 Å². The van der Waals surface area contributed by atoms with E-state index in [1.807, 2.05) is 42.5 Å². The summed E-state index contributed by atoms with van der Waals surface area (Å²) in [4.78, 5) is 23.9. The zero-order chi connectivity index (χ0) is 21.7. The van der Waals surface area contributed by atoms with Gasteiger partial charge in [-0.15, -0.1) is 0 Å². The van der Waals surface area contributed by atoms with Gasteiger partial charge < -0.3 is 10.4 Å². The van der Waals surface area contributed by atoms with Crippen LogP contribution < -0.4 is 5.32 Å². The van der Waals surface area contributed by atoms with Crippen molar-refractivity contribution in [3.63, 3.8) is 0 Å². The second-order valence-corrected chi connectivity index (χ2v) is 6.71. The molecule has 0 saturated carbocycles. The van der Waals surface area contributed by atoms with Crippen LogP contribution in [0.15, 0.2) is 78.9 Å². The number of aliphatic carboxylic acids is 1. The van der Waals surface area contributed by atoms with Gasteiger partial charge in [-0.2, -0.15) is 13.2 Å². The van der Waals surface area contributed by atoms with Crippen LogP contribution in [-0.4, -0.2) is 23.0 Å². The zero-order valence-corrected chi connectivity index (χ0v) is 15.7. The third-order valence-corrected chi connectivity index (χ3v) is 4.56. The molecule has 0 unspecified atom stereocenters. The molecular weight excluding hydrogens is 395 g/mol. The summed E-state index contributed by atoms with van der Waals surface area (Å²) in [5.41, 5.74) is 1.41. The molecule has 0 heterocycles. The highest BCUT2D eigenvalue weighted by molar-refractivity contribution is 5.96. The lowest BCUT2D eigenvalue weighted by Crippen LogP contribution is -2.42. The average Bonchev–Trinajstić information content (AvgIpc) is 2.74. The van der Waals surface area contributed by atoms with Gasteiger partial charge in [0, 0.05) is 12.0 Å². The molecule has 3 rings (SSSR count). The normalized spacial score (nSPS) is 12.2. The summed E-state index contributed by atoms with van der Waals surface area (Å²) in [6, 6.07) is 19.4. The Labute approximate surface area is 171 Å². The fraction of sp³-hybridized carbons (Fsp3) is 0.130. The lowest BCUT2D eigenvalue weighted by molar-refractivity contribution is -0.139. The van der Waals surface area contributed by atoms with Crippen LogP contribution in [-0.2, 0) is 17.4 Å². The highest BCUT2D eigenvalue weighted by Crippen LogP contribution is 2.29. The first kappa shape index (κ1) is 21.1. The fourth-order valence-electron chi connectivity index (χ4n) is 2.98. The minimum absolute atomic E-state index is 0.00486. The molecule has 0 aliphatic heterocycles. The molecule has 1 amide bonds. The van der Waals surface area contributed by atoms with Gasteiger partial charge in [0.2, 0.25) is 0 Å². The molecule has 0 radical (unpaired) electrons. The second kappa shape index (κ2) is 8.82. The Morgan fingerprint density at radius 3 is 2.10 bits per heavy atom. The van der Waals surface area contributed by atoms with E-state index in [0.717, 1.165) is 23.3 Å². The van der Waals surface area contributed by atoms with E-state index in [2.05, 4.69) is 5.32 Å². The van der Waals surface area contributed by atoms with Crippen LogP contribution >= 0.6 is 0 Å². The number of benzene rings is 3. The van der Waals surface area contributed by atoms with Crippen molar-refractivity contribution in [2.24, 2.45) is 0 Å². The van der Waals surface area contributed by atoms with Gasteiger partial charge in [0.25, 0.3) is 5.91 Å². The van der Waals surface area contributed by atoms with E-state index in [1.165, 1.54) is 6.07 Å². The predicted octanol–water partition coefficient (Wildman–Crippen LogP) is 4.80. The Morgan fingerprint density at radius 2 is 1.50 bits per heavy atom. The minimum Gasteiger partial charge on any atom is -0.480 e. The third kappa shape index (κ3) is 5.26. The molecule has 3 aromatic carbocycles. The molecule has 0 aliphatic carbocycles. The van der Waals surface area contributed by atoms with Gasteiger partial charge in [0.1, 0.15) is 6.04 Å². The molecule has 0 spiro atoms. The molecule has 3 aromatic rings. The molecule has 0 aromatic heterocycles. The average molecular weight is 413 g/mol. The van der Waals surface area contributed by atoms with Crippen molar-refractivity contribution >= 4 is 11.9 Å². The van der Waals surface area contributed by atoms with Gasteiger partial charge in [-0.1, -0.05) is 60.7 Å². The van der Waals surface area contributed by atoms with Crippen LogP contribution in [0.3, 0.4) is 0 Å². The molecular formula is C23H18F3NO3. The maximum absolute atomic E-state index is 12.8. The van der Waals surface area contributed by atoms with E-state index in [1.54, 1.807) is 12.1 Å². The molecule has 154 valence electrons. The van der Waals surface area contributed by atoms with E-state index < -0.39 is 29.7 Å². The van der Waals surface area contributed by atoms with Crippen LogP contribution in [0, 0.1) is 0 Å². The number of carboxylic acids is 1. The van der Waals surface area contributed by atoms with Crippen molar-refractivity contribution in [2.75, 3.05) is 0 Å². The van der Waals surface area contributed by atoms with Crippen LogP contribution in [0.4, 0.5) is 13.2 Å². The number of hydrogen-bond donors (Lipinski definition) is 2. The van der Waals surface area contributed by atoms with E-state index in [-0.39, 0.29) is 12.0 Å². The standard InChI is InChI=1S/C23H18F3NO3/c24-23(25,26)19-8-4-7-18(14-19)21(28)27-20(22(29)30)13-15-9-11-17(12-10-15)16-5-2-1-3-6-16/h1-12,14,20H,13H2,(H,27,28)(H,29,30)/t20-/m0/s1. The van der Waals surface area contributed by atoms with Gasteiger partial charge in [-0.25, -0.2) is 4.79 Å². The van der Waals surface area contributed by atoms with Gasteiger partial charge in [0.05, 0.1) is 5.56 Å². The molecule has 7 heteroatoms. The number of amides is 1. The summed E-state index contributed by atoms with van der Waals surface area (Å²) in [7, 11) is 0. The van der Waals surface area contributed by atoms with Gasteiger partial charge in [0.15, 0.2) is 0 Å². The smallest absolute Gasteiger partial charge is 0.416 e. The summed E-state index contributed by atoms with van der Waals surface area (Å²) < 4.78 is 38.5. The molecule has 0 saturated heterocycles. The van der Waals surface area contributed by atoms with Crippen molar-refractivity contribution in [2.45, 2.75) is 18.6 Å². The van der Waals surface area contributed by atoms with Crippen molar-refractivity contribution in [3.05, 3.63) is 95.6 Å². The zero-order valence-electron chi connectivity index (χ0n) is 15.7. The number of carboxylic acid groups (broad SMARTS) is 1. The number of hydrogen-bond acceptors (Lipinski definition) is 2. The Kier molecular flexibility index (Phi) is 6.20. The Morgan fingerprint density at radius 1 is 0.867 bits per heavy atom. The van der Waals surface area contributed by atoms with Crippen LogP contribution in [0.25, 0.3) is 11.1 Å². The van der Waals surface area contributed by atoms with Gasteiger partial charge >= 0.3 is 12.1 Å². The molecule has 0 fully saturated rings. The maximum Gasteiger partial charge on any atom is 0.416 e. The Hall–Kier alpha value is -3.61. The lowest BCUT2D eigenvalue weighted by Gasteiger charge is -2.16. The van der Waals surface area contributed by atoms with Crippen molar-refractivity contribution in [1.82, 2.24) is 5.32 Å². The van der Waals surface area contributed by atoms with E-state index in [0.29, 0.717) is 11.6 Å². The summed E-state index contributed by atoms with van der Waals surface area (Å²) in [6.07, 6.45) is -4.60. The molecule has 0 aliphatic rings. The van der Waals surface area contributed by atoms with Crippen molar-refractivity contribution in [1.29, 1.82) is 0 Å². The number of carbonyl (C=O) groups excluding carboxylic acids is 1. The minimum atomic E-state index is -4.59. The lowest BCUT2D eigenvalue weighted by atomic mass is 10.0. The first-order valence-corrected chi connectivity index (χ1v) is 9.09. The SMILES string of the molecule is O=C(N[C@@H](Cc1ccc(-c2ccccc2)cc1)C(=O)O)c1cccc(C(F)(F)F)c1. The first-order valence-electron chi connectivity index (χ1n) is 9.09. The predicted molar refractivity (Wildman–Crippen MR) is 106 cm³/mol. The largest absolute Gasteiger partial charge is 0.480 e. The Balaban J connectivity index is 1.72. The highest BCUT2D eigenvalue weighted by atomic mass is 19.4. The second-order valence-electron chi connectivity index (χ2n) is 6.71. The maximum atomic E-state index is 12.8. The first-order chi connectivity index (χ1) is 14.2. The number of rotatable bonds is 6. The highest BCUT2D eigenvalue weighted by Gasteiger charge is 2.31. The number of alkyl halides is 3. The number of nitrogens with one attached hydrogen (secondary N) is 1. The van der Waals surface area contributed by atoms with Crippen LogP contribution in [0.5, 0.6) is 0 Å². The summed E-state index contributed by atoms with van der Waals surface area (Å²) in [6.45, 7) is 0. The summed E-state index contributed by atoms with van der Waals surface area (Å²) in [5, 5.41) is 11.8. The fourth-order valence-corrected chi connectivity index (χ4v) is 2.98. The molecule has 2 N–H and O–H groups in total. The van der Waals surface area contributed by atoms with Crippen LogP contribution in [0.1, 0.15) is 21.5 Å². The Bertz CT molecular complexity index is 1030. The topological polar surface area (TPSA) is 66.4 Å². The summed E-state index contributed by atoms with van der Waals surface area (Å²) in [5.74, 6) is -2.16. The molecule has 0 bridgehead atoms. The van der Waals surface area contributed by atoms with Gasteiger partial charge in [-0.3, -0.25) is 4.79 Å². The third-order valence-electron chi connectivity index (χ3n) is 4.56. The molecule has 30 heavy (non-hydrogen) atoms. The number of carbonyl (C=O) groups is 2. The monoisotopic (exact) mass is 413 g/mol. The van der Waals surface area contributed by atoms with E-state index in [4.69, 9.17) is 0 Å². The van der Waals surface area contributed by atoms with Crippen molar-refractivity contribution in [3.8, 4) is 11.1 Å². The summed E-state index contributed by atoms with van der Waals surface area (Å²) >= 11 is 0. The van der Waals surface area contributed by atoms with Crippen molar-refractivity contribution < 1.29 is 27.9 Å². The number of halogens is 3. The quantitative estimate of drug-likeness (QED) is 0.610. The molecule has 4 nitrogen and oxygen atoms in total.